The van der Waals surface area contributed by atoms with E-state index in [0.717, 1.165) is 0 Å². The molecule has 3 nitrogen and oxygen atoms in total. The Labute approximate surface area is 89.4 Å². The Morgan fingerprint density at radius 2 is 2.14 bits per heavy atom. The standard InChI is InChI=1S/C9H9BrFNO2/c1-5-6(10)4-12-8(7(5)11)9-13-2-3-14-9/h4,9H,2-3H2,1H3. The van der Waals surface area contributed by atoms with E-state index in [0.29, 0.717) is 23.2 Å². The van der Waals surface area contributed by atoms with Crippen LogP contribution in [0.15, 0.2) is 10.7 Å². The first-order valence-electron chi connectivity index (χ1n) is 4.24. The van der Waals surface area contributed by atoms with Crippen molar-refractivity contribution in [3.63, 3.8) is 0 Å². The van der Waals surface area contributed by atoms with Crippen LogP contribution in [0.3, 0.4) is 0 Å². The Kier molecular flexibility index (Phi) is 2.80. The molecule has 1 aromatic heterocycles. The molecule has 0 unspecified atom stereocenters. The molecular formula is C9H9BrFNO2. The van der Waals surface area contributed by atoms with E-state index in [9.17, 15) is 4.39 Å². The summed E-state index contributed by atoms with van der Waals surface area (Å²) < 4.78 is 24.7. The summed E-state index contributed by atoms with van der Waals surface area (Å²) in [5.41, 5.74) is 0.748. The van der Waals surface area contributed by atoms with Crippen LogP contribution in [0, 0.1) is 12.7 Å². The number of aromatic nitrogens is 1. The first kappa shape index (κ1) is 10.0. The predicted molar refractivity (Wildman–Crippen MR) is 51.3 cm³/mol. The van der Waals surface area contributed by atoms with Crippen LogP contribution in [0.5, 0.6) is 0 Å². The summed E-state index contributed by atoms with van der Waals surface area (Å²) in [6, 6.07) is 0. The number of hydrogen-bond donors (Lipinski definition) is 0. The second kappa shape index (κ2) is 3.92. The fourth-order valence-electron chi connectivity index (χ4n) is 1.26. The zero-order valence-corrected chi connectivity index (χ0v) is 9.17. The summed E-state index contributed by atoms with van der Waals surface area (Å²) in [4.78, 5) is 3.95. The highest BCUT2D eigenvalue weighted by Crippen LogP contribution is 2.28. The summed E-state index contributed by atoms with van der Waals surface area (Å²) in [5.74, 6) is -0.369. The van der Waals surface area contributed by atoms with E-state index in [-0.39, 0.29) is 11.5 Å². The molecule has 5 heteroatoms. The van der Waals surface area contributed by atoms with Gasteiger partial charge in [0.05, 0.1) is 13.2 Å². The molecule has 0 atom stereocenters. The quantitative estimate of drug-likeness (QED) is 0.778. The van der Waals surface area contributed by atoms with Gasteiger partial charge in [-0.15, -0.1) is 0 Å². The van der Waals surface area contributed by atoms with E-state index in [2.05, 4.69) is 20.9 Å². The Balaban J connectivity index is 2.38. The van der Waals surface area contributed by atoms with Gasteiger partial charge in [-0.05, 0) is 22.9 Å². The minimum absolute atomic E-state index is 0.225. The molecule has 76 valence electrons. The number of nitrogens with zero attached hydrogens (tertiary/aromatic N) is 1. The number of rotatable bonds is 1. The molecule has 0 aliphatic carbocycles. The van der Waals surface area contributed by atoms with Gasteiger partial charge in [0, 0.05) is 16.2 Å². The van der Waals surface area contributed by atoms with Gasteiger partial charge in [-0.3, -0.25) is 4.98 Å². The Morgan fingerprint density at radius 3 is 2.79 bits per heavy atom. The van der Waals surface area contributed by atoms with Gasteiger partial charge < -0.3 is 9.47 Å². The summed E-state index contributed by atoms with van der Waals surface area (Å²) >= 11 is 3.20. The van der Waals surface area contributed by atoms with E-state index in [4.69, 9.17) is 9.47 Å². The molecule has 0 bridgehead atoms. The third kappa shape index (κ3) is 1.67. The molecule has 0 radical (unpaired) electrons. The maximum absolute atomic E-state index is 13.7. The number of halogens is 2. The monoisotopic (exact) mass is 261 g/mol. The number of pyridine rings is 1. The highest BCUT2D eigenvalue weighted by atomic mass is 79.9. The van der Waals surface area contributed by atoms with Gasteiger partial charge in [0.1, 0.15) is 5.69 Å². The highest BCUT2D eigenvalue weighted by Gasteiger charge is 2.24. The zero-order valence-electron chi connectivity index (χ0n) is 7.59. The van der Waals surface area contributed by atoms with Crippen molar-refractivity contribution in [2.45, 2.75) is 13.2 Å². The molecule has 14 heavy (non-hydrogen) atoms. The van der Waals surface area contributed by atoms with Gasteiger partial charge in [0.25, 0.3) is 0 Å². The molecule has 0 saturated carbocycles. The second-order valence-corrected chi connectivity index (χ2v) is 3.86. The fourth-order valence-corrected chi connectivity index (χ4v) is 1.53. The van der Waals surface area contributed by atoms with Crippen LogP contribution in [-0.4, -0.2) is 18.2 Å². The van der Waals surface area contributed by atoms with Crippen LogP contribution in [0.1, 0.15) is 17.5 Å². The van der Waals surface area contributed by atoms with E-state index >= 15 is 0 Å². The molecule has 1 aliphatic rings. The van der Waals surface area contributed by atoms with Gasteiger partial charge in [0.15, 0.2) is 5.82 Å². The van der Waals surface area contributed by atoms with Gasteiger partial charge in [-0.1, -0.05) is 0 Å². The number of hydrogen-bond acceptors (Lipinski definition) is 3. The Morgan fingerprint density at radius 1 is 1.50 bits per heavy atom. The third-order valence-corrected chi connectivity index (χ3v) is 2.87. The third-order valence-electron chi connectivity index (χ3n) is 2.07. The SMILES string of the molecule is Cc1c(Br)cnc(C2OCCO2)c1F. The average molecular weight is 262 g/mol. The van der Waals surface area contributed by atoms with E-state index in [1.54, 1.807) is 13.1 Å². The lowest BCUT2D eigenvalue weighted by Crippen LogP contribution is -2.06. The highest BCUT2D eigenvalue weighted by molar-refractivity contribution is 9.10. The Hall–Kier alpha value is -0.520. The van der Waals surface area contributed by atoms with Crippen LogP contribution >= 0.6 is 15.9 Å². The maximum atomic E-state index is 13.7. The van der Waals surface area contributed by atoms with Crippen molar-refractivity contribution in [3.8, 4) is 0 Å². The molecule has 0 amide bonds. The van der Waals surface area contributed by atoms with Gasteiger partial charge in [-0.25, -0.2) is 4.39 Å². The molecule has 1 aromatic rings. The smallest absolute Gasteiger partial charge is 0.204 e. The topological polar surface area (TPSA) is 31.4 Å². The van der Waals surface area contributed by atoms with Crippen molar-refractivity contribution in [1.29, 1.82) is 0 Å². The maximum Gasteiger partial charge on any atom is 0.204 e. The minimum atomic E-state index is -0.651. The molecule has 1 aliphatic heterocycles. The van der Waals surface area contributed by atoms with Crippen molar-refractivity contribution in [1.82, 2.24) is 4.98 Å². The first-order valence-corrected chi connectivity index (χ1v) is 5.03. The molecule has 0 spiro atoms. The second-order valence-electron chi connectivity index (χ2n) is 3.00. The summed E-state index contributed by atoms with van der Waals surface area (Å²) in [7, 11) is 0. The lowest BCUT2D eigenvalue weighted by atomic mass is 10.2. The predicted octanol–water partition coefficient (Wildman–Crippen LogP) is 2.34. The molecule has 1 fully saturated rings. The van der Waals surface area contributed by atoms with Crippen molar-refractivity contribution >= 4 is 15.9 Å². The van der Waals surface area contributed by atoms with E-state index < -0.39 is 6.29 Å². The fraction of sp³-hybridized carbons (Fsp3) is 0.444. The van der Waals surface area contributed by atoms with Crippen LogP contribution in [0.25, 0.3) is 0 Å². The van der Waals surface area contributed by atoms with E-state index in [1.165, 1.54) is 0 Å². The Bertz CT molecular complexity index is 353. The van der Waals surface area contributed by atoms with Gasteiger partial charge in [-0.2, -0.15) is 0 Å². The molecular weight excluding hydrogens is 253 g/mol. The van der Waals surface area contributed by atoms with Crippen molar-refractivity contribution in [3.05, 3.63) is 27.7 Å². The van der Waals surface area contributed by atoms with Crippen molar-refractivity contribution in [2.75, 3.05) is 13.2 Å². The van der Waals surface area contributed by atoms with Crippen LogP contribution in [0.2, 0.25) is 0 Å². The van der Waals surface area contributed by atoms with E-state index in [1.807, 2.05) is 0 Å². The van der Waals surface area contributed by atoms with Crippen molar-refractivity contribution < 1.29 is 13.9 Å². The molecule has 1 saturated heterocycles. The summed E-state index contributed by atoms with van der Waals surface area (Å²) in [6.07, 6.45) is 0.903. The van der Waals surface area contributed by atoms with Gasteiger partial charge >= 0.3 is 0 Å². The first-order chi connectivity index (χ1) is 6.70. The lowest BCUT2D eigenvalue weighted by molar-refractivity contribution is -0.0499. The normalized spacial score (nSPS) is 17.6. The molecule has 2 rings (SSSR count). The number of ether oxygens (including phenoxy) is 2. The molecule has 2 heterocycles. The van der Waals surface area contributed by atoms with Crippen LogP contribution in [0.4, 0.5) is 4.39 Å². The lowest BCUT2D eigenvalue weighted by Gasteiger charge is -2.11. The van der Waals surface area contributed by atoms with Crippen LogP contribution in [-0.2, 0) is 9.47 Å². The molecule has 0 aromatic carbocycles. The summed E-state index contributed by atoms with van der Waals surface area (Å²) in [6.45, 7) is 2.65. The summed E-state index contributed by atoms with van der Waals surface area (Å²) in [5, 5.41) is 0. The average Bonchev–Trinajstić information content (AvgIpc) is 2.67. The largest absolute Gasteiger partial charge is 0.345 e. The zero-order chi connectivity index (χ0) is 10.1. The van der Waals surface area contributed by atoms with Gasteiger partial charge in [0.2, 0.25) is 6.29 Å². The van der Waals surface area contributed by atoms with Crippen LogP contribution < -0.4 is 0 Å². The molecule has 0 N–H and O–H groups in total. The van der Waals surface area contributed by atoms with Crippen molar-refractivity contribution in [2.24, 2.45) is 0 Å². The minimum Gasteiger partial charge on any atom is -0.345 e.